The molecular weight excluding hydrogens is 547 g/mol. The number of hydrogen-bond acceptors (Lipinski definition) is 6. The molecule has 0 saturated carbocycles. The number of aromatic nitrogens is 1. The summed E-state index contributed by atoms with van der Waals surface area (Å²) in [5.74, 6) is 1.84. The summed E-state index contributed by atoms with van der Waals surface area (Å²) in [6.45, 7) is 12.9. The van der Waals surface area contributed by atoms with Gasteiger partial charge in [0.15, 0.2) is 0 Å². The molecule has 0 aliphatic rings. The maximum absolute atomic E-state index is 12.5. The van der Waals surface area contributed by atoms with Gasteiger partial charge in [0, 0.05) is 45.6 Å². The Labute approximate surface area is 257 Å². The molecule has 0 fully saturated rings. The maximum atomic E-state index is 12.5. The molecule has 2 aromatic carbocycles. The highest BCUT2D eigenvalue weighted by atomic mass is 19.1. The molecule has 0 spiro atoms. The van der Waals surface area contributed by atoms with Gasteiger partial charge in [-0.2, -0.15) is 0 Å². The predicted octanol–water partition coefficient (Wildman–Crippen LogP) is 7.43. The molecule has 3 rings (SSSR count). The molecule has 8 nitrogen and oxygen atoms in total. The van der Waals surface area contributed by atoms with Crippen LogP contribution in [0, 0.1) is 5.82 Å². The first-order chi connectivity index (χ1) is 20.5. The van der Waals surface area contributed by atoms with Crippen molar-refractivity contribution in [2.75, 3.05) is 33.0 Å². The van der Waals surface area contributed by atoms with Crippen LogP contribution in [0.2, 0.25) is 0 Å². The smallest absolute Gasteiger partial charge is 0.269 e. The van der Waals surface area contributed by atoms with Crippen molar-refractivity contribution in [2.45, 2.75) is 66.2 Å². The lowest BCUT2D eigenvalue weighted by molar-refractivity contribution is -0.117. The van der Waals surface area contributed by atoms with Crippen molar-refractivity contribution in [2.24, 2.45) is 0 Å². The van der Waals surface area contributed by atoms with E-state index in [2.05, 4.69) is 49.4 Å². The van der Waals surface area contributed by atoms with Gasteiger partial charge < -0.3 is 25.1 Å². The number of benzene rings is 2. The summed E-state index contributed by atoms with van der Waals surface area (Å²) in [4.78, 5) is 35.9. The van der Waals surface area contributed by atoms with Gasteiger partial charge in [0.2, 0.25) is 6.41 Å². The van der Waals surface area contributed by atoms with E-state index in [-0.39, 0.29) is 11.7 Å². The highest BCUT2D eigenvalue weighted by Crippen LogP contribution is 2.32. The quantitative estimate of drug-likeness (QED) is 0.236. The zero-order valence-corrected chi connectivity index (χ0v) is 27.1. The fraction of sp³-hybridized carbons (Fsp3) is 0.412. The number of carbonyl (C=O) groups excluding carboxylic acids is 3. The summed E-state index contributed by atoms with van der Waals surface area (Å²) in [5.41, 5.74) is 3.69. The number of nitrogens with zero attached hydrogens (tertiary/aromatic N) is 2. The van der Waals surface area contributed by atoms with E-state index in [1.807, 2.05) is 38.2 Å². The van der Waals surface area contributed by atoms with Crippen LogP contribution in [0.15, 0.2) is 60.8 Å². The van der Waals surface area contributed by atoms with E-state index < -0.39 is 0 Å². The third kappa shape index (κ3) is 15.5. The first-order valence-electron chi connectivity index (χ1n) is 14.5. The Bertz CT molecular complexity index is 1220. The van der Waals surface area contributed by atoms with Gasteiger partial charge in [-0.1, -0.05) is 46.8 Å². The number of ether oxygens (including phenoxy) is 1. The molecular formula is C34H49FN4O4. The highest BCUT2D eigenvalue weighted by molar-refractivity contribution is 5.92. The number of carbonyl (C=O) groups is 3. The SMILES string of the molecule is CC=O.CCC(C)c1ccc(F)cc1.CCCN(C)C=O.CNC(=O)c1cc(Oc2ccc(NC)cc2C(C)C)ccn1. The van der Waals surface area contributed by atoms with E-state index in [1.54, 1.807) is 37.3 Å². The van der Waals surface area contributed by atoms with E-state index in [0.29, 0.717) is 23.3 Å². The number of nitrogens with one attached hydrogen (secondary N) is 2. The van der Waals surface area contributed by atoms with E-state index in [4.69, 9.17) is 9.53 Å². The molecule has 43 heavy (non-hydrogen) atoms. The average Bonchev–Trinajstić information content (AvgIpc) is 3.02. The molecule has 0 aliphatic heterocycles. The molecule has 9 heteroatoms. The molecule has 3 aromatic rings. The van der Waals surface area contributed by atoms with Crippen LogP contribution >= 0.6 is 0 Å². The molecule has 1 atom stereocenters. The molecule has 2 N–H and O–H groups in total. The summed E-state index contributed by atoms with van der Waals surface area (Å²) in [7, 11) is 5.24. The molecule has 1 unspecified atom stereocenters. The molecule has 0 saturated heterocycles. The van der Waals surface area contributed by atoms with Crippen molar-refractivity contribution >= 4 is 24.3 Å². The Morgan fingerprint density at radius 1 is 1.02 bits per heavy atom. The predicted molar refractivity (Wildman–Crippen MR) is 174 cm³/mol. The van der Waals surface area contributed by atoms with E-state index >= 15 is 0 Å². The van der Waals surface area contributed by atoms with Gasteiger partial charge in [0.25, 0.3) is 5.91 Å². The fourth-order valence-corrected chi connectivity index (χ4v) is 3.53. The van der Waals surface area contributed by atoms with E-state index in [1.165, 1.54) is 24.6 Å². The second-order valence-electron chi connectivity index (χ2n) is 9.90. The Hall–Kier alpha value is -4.27. The number of rotatable bonds is 10. The van der Waals surface area contributed by atoms with E-state index in [0.717, 1.165) is 49.1 Å². The minimum atomic E-state index is -0.236. The Balaban J connectivity index is 0.000000695. The molecule has 0 radical (unpaired) electrons. The minimum Gasteiger partial charge on any atom is -0.457 e. The third-order valence-electron chi connectivity index (χ3n) is 6.15. The fourth-order valence-electron chi connectivity index (χ4n) is 3.53. The van der Waals surface area contributed by atoms with Crippen LogP contribution in [0.4, 0.5) is 10.1 Å². The first-order valence-corrected chi connectivity index (χ1v) is 14.5. The van der Waals surface area contributed by atoms with Crippen LogP contribution in [0.5, 0.6) is 11.5 Å². The molecule has 1 heterocycles. The standard InChI is InChI=1S/C17H21N3O2.C10H13F.C5H11NO.C2H4O/c1-11(2)14-9-12(18-3)5-6-16(14)22-13-7-8-20-15(10-13)17(21)19-4;1-3-8(2)9-4-6-10(11)7-5-9;1-3-4-6(2)5-7;1-2-3/h5-11,18H,1-4H3,(H,19,21);4-8H,3H2,1-2H3;5H,3-4H2,1-2H3;2H,1H3. The number of hydrogen-bond donors (Lipinski definition) is 2. The van der Waals surface area contributed by atoms with Gasteiger partial charge in [0.1, 0.15) is 29.3 Å². The number of anilines is 1. The lowest BCUT2D eigenvalue weighted by Gasteiger charge is -2.15. The number of amides is 2. The largest absolute Gasteiger partial charge is 0.457 e. The summed E-state index contributed by atoms with van der Waals surface area (Å²) in [6.07, 6.45) is 5.29. The average molecular weight is 597 g/mol. The number of halogens is 1. The van der Waals surface area contributed by atoms with Crippen LogP contribution in [0.1, 0.15) is 87.8 Å². The Morgan fingerprint density at radius 2 is 1.65 bits per heavy atom. The van der Waals surface area contributed by atoms with Crippen molar-refractivity contribution in [3.05, 3.63) is 83.4 Å². The zero-order valence-electron chi connectivity index (χ0n) is 27.1. The monoisotopic (exact) mass is 596 g/mol. The second kappa shape index (κ2) is 22.3. The summed E-state index contributed by atoms with van der Waals surface area (Å²) in [5, 5.41) is 5.68. The zero-order chi connectivity index (χ0) is 32.8. The van der Waals surface area contributed by atoms with Crippen LogP contribution < -0.4 is 15.4 Å². The van der Waals surface area contributed by atoms with Crippen LogP contribution in [0.25, 0.3) is 0 Å². The number of aldehydes is 1. The summed E-state index contributed by atoms with van der Waals surface area (Å²) >= 11 is 0. The maximum Gasteiger partial charge on any atom is 0.269 e. The molecule has 0 aliphatic carbocycles. The second-order valence-corrected chi connectivity index (χ2v) is 9.90. The van der Waals surface area contributed by atoms with Gasteiger partial charge in [-0.15, -0.1) is 0 Å². The normalized spacial score (nSPS) is 10.3. The Kier molecular flexibility index (Phi) is 20.1. The molecule has 1 aromatic heterocycles. The summed E-state index contributed by atoms with van der Waals surface area (Å²) < 4.78 is 18.4. The molecule has 2 amide bonds. The minimum absolute atomic E-state index is 0.156. The van der Waals surface area contributed by atoms with Gasteiger partial charge in [-0.05, 0) is 79.1 Å². The van der Waals surface area contributed by atoms with Crippen molar-refractivity contribution in [1.82, 2.24) is 15.2 Å². The van der Waals surface area contributed by atoms with Crippen molar-refractivity contribution < 1.29 is 23.5 Å². The topological polar surface area (TPSA) is 101 Å². The van der Waals surface area contributed by atoms with Crippen LogP contribution in [-0.2, 0) is 9.59 Å². The van der Waals surface area contributed by atoms with Gasteiger partial charge in [-0.3, -0.25) is 14.6 Å². The van der Waals surface area contributed by atoms with Crippen molar-refractivity contribution in [3.63, 3.8) is 0 Å². The highest BCUT2D eigenvalue weighted by Gasteiger charge is 2.12. The summed E-state index contributed by atoms with van der Waals surface area (Å²) in [6, 6.07) is 16.1. The Morgan fingerprint density at radius 3 is 2.12 bits per heavy atom. The van der Waals surface area contributed by atoms with Gasteiger partial charge in [-0.25, -0.2) is 4.39 Å². The molecule has 0 bridgehead atoms. The first kappa shape index (κ1) is 38.7. The van der Waals surface area contributed by atoms with Crippen molar-refractivity contribution in [3.8, 4) is 11.5 Å². The lowest BCUT2D eigenvalue weighted by Crippen LogP contribution is -2.18. The van der Waals surface area contributed by atoms with Gasteiger partial charge >= 0.3 is 0 Å². The van der Waals surface area contributed by atoms with Crippen LogP contribution in [0.3, 0.4) is 0 Å². The van der Waals surface area contributed by atoms with Crippen molar-refractivity contribution in [1.29, 1.82) is 0 Å². The number of pyridine rings is 1. The lowest BCUT2D eigenvalue weighted by atomic mass is 9.99. The van der Waals surface area contributed by atoms with Gasteiger partial charge in [0.05, 0.1) is 0 Å². The molecule has 236 valence electrons. The third-order valence-corrected chi connectivity index (χ3v) is 6.15. The van der Waals surface area contributed by atoms with Crippen LogP contribution in [-0.4, -0.2) is 56.2 Å². The van der Waals surface area contributed by atoms with E-state index in [9.17, 15) is 14.0 Å².